The number of sulfone groups is 1. The van der Waals surface area contributed by atoms with Crippen molar-refractivity contribution in [2.24, 2.45) is 4.99 Å². The second-order valence-electron chi connectivity index (χ2n) is 7.12. The van der Waals surface area contributed by atoms with Crippen molar-refractivity contribution in [1.82, 2.24) is 0 Å². The van der Waals surface area contributed by atoms with Crippen LogP contribution in [0.4, 0.5) is 10.1 Å². The van der Waals surface area contributed by atoms with Crippen LogP contribution in [0, 0.1) is 5.82 Å². The number of β-amino-alcohol motifs (C(OH)–C–C–N with tert-alkyl or cyclic N) is 1. The predicted molar refractivity (Wildman–Crippen MR) is 115 cm³/mol. The molecule has 1 N–H and O–H groups in total. The molecule has 0 amide bonds. The summed E-state index contributed by atoms with van der Waals surface area (Å²) in [7, 11) is -3.33. The first-order valence-corrected chi connectivity index (χ1v) is 11.3. The van der Waals surface area contributed by atoms with Crippen molar-refractivity contribution < 1.29 is 17.9 Å². The lowest BCUT2D eigenvalue weighted by atomic mass is 10.0. The predicted octanol–water partition coefficient (Wildman–Crippen LogP) is 3.99. The molecule has 1 heterocycles. The first kappa shape index (κ1) is 20.5. The van der Waals surface area contributed by atoms with E-state index < -0.39 is 21.4 Å². The summed E-state index contributed by atoms with van der Waals surface area (Å²) in [6, 6.07) is 18.9. The molecule has 154 valence electrons. The lowest BCUT2D eigenvalue weighted by Crippen LogP contribution is -2.34. The van der Waals surface area contributed by atoms with Crippen LogP contribution < -0.4 is 4.90 Å². The van der Waals surface area contributed by atoms with E-state index in [4.69, 9.17) is 11.6 Å². The average molecular weight is 445 g/mol. The van der Waals surface area contributed by atoms with Gasteiger partial charge in [-0.2, -0.15) is 0 Å². The molecule has 0 fully saturated rings. The fraction of sp³-hybridized carbons (Fsp3) is 0.136. The number of rotatable bonds is 4. The van der Waals surface area contributed by atoms with Gasteiger partial charge in [0.1, 0.15) is 11.7 Å². The van der Waals surface area contributed by atoms with Gasteiger partial charge in [0.05, 0.1) is 11.4 Å². The van der Waals surface area contributed by atoms with Crippen molar-refractivity contribution in [3.05, 3.63) is 94.8 Å². The molecule has 0 spiro atoms. The minimum absolute atomic E-state index is 0.0782. The van der Waals surface area contributed by atoms with E-state index in [2.05, 4.69) is 4.99 Å². The zero-order chi connectivity index (χ0) is 21.5. The summed E-state index contributed by atoms with van der Waals surface area (Å²) in [5.74, 6) is 0.0843. The molecule has 0 radical (unpaired) electrons. The fourth-order valence-electron chi connectivity index (χ4n) is 3.35. The Morgan fingerprint density at radius 2 is 1.60 bits per heavy atom. The van der Waals surface area contributed by atoms with E-state index in [1.807, 2.05) is 0 Å². The Bertz CT molecular complexity index is 1210. The fourth-order valence-corrected chi connectivity index (χ4v) is 4.10. The Morgan fingerprint density at radius 3 is 2.17 bits per heavy atom. The van der Waals surface area contributed by atoms with Gasteiger partial charge >= 0.3 is 0 Å². The van der Waals surface area contributed by atoms with Gasteiger partial charge in [-0.15, -0.1) is 0 Å². The van der Waals surface area contributed by atoms with E-state index >= 15 is 0 Å². The molecule has 4 rings (SSSR count). The number of aliphatic imine (C=N–C) groups is 1. The van der Waals surface area contributed by atoms with Crippen molar-refractivity contribution in [3.63, 3.8) is 0 Å². The quantitative estimate of drug-likeness (QED) is 0.660. The molecule has 1 atom stereocenters. The van der Waals surface area contributed by atoms with E-state index in [-0.39, 0.29) is 11.4 Å². The number of benzene rings is 3. The molecular weight excluding hydrogens is 427 g/mol. The monoisotopic (exact) mass is 444 g/mol. The molecule has 0 saturated carbocycles. The third-order valence-electron chi connectivity index (χ3n) is 4.91. The zero-order valence-electron chi connectivity index (χ0n) is 16.0. The van der Waals surface area contributed by atoms with Gasteiger partial charge in [-0.25, -0.2) is 17.8 Å². The third kappa shape index (κ3) is 3.96. The highest BCUT2D eigenvalue weighted by Crippen LogP contribution is 2.35. The Labute approximate surface area is 179 Å². The summed E-state index contributed by atoms with van der Waals surface area (Å²) in [6.07, 6.45) is 1.14. The molecular formula is C22H18ClFN2O3S. The summed E-state index contributed by atoms with van der Waals surface area (Å²) in [5.41, 5.74) is 0.238. The van der Waals surface area contributed by atoms with Gasteiger partial charge in [-0.1, -0.05) is 23.7 Å². The van der Waals surface area contributed by atoms with E-state index in [1.54, 1.807) is 41.3 Å². The molecule has 5 nitrogen and oxygen atoms in total. The van der Waals surface area contributed by atoms with E-state index in [0.717, 1.165) is 11.8 Å². The number of aliphatic hydroxyl groups is 1. The number of hydrogen-bond acceptors (Lipinski definition) is 5. The topological polar surface area (TPSA) is 70.0 Å². The number of halogens is 2. The normalized spacial score (nSPS) is 19.1. The summed E-state index contributed by atoms with van der Waals surface area (Å²) in [6.45, 7) is 0.0782. The maximum Gasteiger partial charge on any atom is 0.202 e. The van der Waals surface area contributed by atoms with Gasteiger partial charge in [0.25, 0.3) is 0 Å². The van der Waals surface area contributed by atoms with Crippen LogP contribution in [0.15, 0.2) is 82.7 Å². The van der Waals surface area contributed by atoms with Gasteiger partial charge in [-0.05, 0) is 60.7 Å². The van der Waals surface area contributed by atoms with Gasteiger partial charge < -0.3 is 10.0 Å². The van der Waals surface area contributed by atoms with E-state index in [1.165, 1.54) is 36.4 Å². The van der Waals surface area contributed by atoms with Crippen LogP contribution in [0.1, 0.15) is 11.1 Å². The van der Waals surface area contributed by atoms with Crippen molar-refractivity contribution >= 4 is 33.0 Å². The number of hydrogen-bond donors (Lipinski definition) is 1. The van der Waals surface area contributed by atoms with Crippen molar-refractivity contribution in [3.8, 4) is 0 Å². The summed E-state index contributed by atoms with van der Waals surface area (Å²) in [5, 5.41) is 11.8. The highest BCUT2D eigenvalue weighted by molar-refractivity contribution is 7.90. The SMILES string of the molecule is CS(=O)(=O)c1ccc(N2CC(O)(c3ccc(F)cc3)N=C2c2ccc(Cl)cc2)cc1. The van der Waals surface area contributed by atoms with Crippen LogP contribution in [-0.2, 0) is 15.6 Å². The standard InChI is InChI=1S/C22H18ClFN2O3S/c1-30(28,29)20-12-10-19(11-13-20)26-14-22(27,16-4-8-18(24)9-5-16)25-21(26)15-2-6-17(23)7-3-15/h2-13,27H,14H2,1H3. The minimum Gasteiger partial charge on any atom is -0.364 e. The summed E-state index contributed by atoms with van der Waals surface area (Å²) < 4.78 is 36.9. The Balaban J connectivity index is 1.79. The van der Waals surface area contributed by atoms with Gasteiger partial charge in [0, 0.05) is 28.1 Å². The molecule has 8 heteroatoms. The molecule has 1 aliphatic heterocycles. The Hall–Kier alpha value is -2.74. The van der Waals surface area contributed by atoms with Crippen LogP contribution in [0.2, 0.25) is 5.02 Å². The largest absolute Gasteiger partial charge is 0.364 e. The Kier molecular flexibility index (Phi) is 5.13. The van der Waals surface area contributed by atoms with Crippen LogP contribution in [0.5, 0.6) is 0 Å². The molecule has 30 heavy (non-hydrogen) atoms. The molecule has 1 unspecified atom stereocenters. The number of anilines is 1. The molecule has 0 aliphatic carbocycles. The van der Waals surface area contributed by atoms with Crippen LogP contribution in [0.25, 0.3) is 0 Å². The highest BCUT2D eigenvalue weighted by Gasteiger charge is 2.40. The van der Waals surface area contributed by atoms with Gasteiger partial charge in [0.2, 0.25) is 5.72 Å². The number of amidine groups is 1. The molecule has 3 aromatic carbocycles. The first-order valence-electron chi connectivity index (χ1n) is 9.08. The summed E-state index contributed by atoms with van der Waals surface area (Å²) >= 11 is 6.00. The molecule has 1 aliphatic rings. The highest BCUT2D eigenvalue weighted by atomic mass is 35.5. The first-order chi connectivity index (χ1) is 14.2. The minimum atomic E-state index is -3.33. The smallest absolute Gasteiger partial charge is 0.202 e. The van der Waals surface area contributed by atoms with Crippen molar-refractivity contribution in [2.75, 3.05) is 17.7 Å². The van der Waals surface area contributed by atoms with Crippen LogP contribution in [-0.4, -0.2) is 32.2 Å². The Morgan fingerprint density at radius 1 is 1.00 bits per heavy atom. The summed E-state index contributed by atoms with van der Waals surface area (Å²) in [4.78, 5) is 6.55. The second kappa shape index (κ2) is 7.50. The molecule has 0 aromatic heterocycles. The van der Waals surface area contributed by atoms with Crippen molar-refractivity contribution in [2.45, 2.75) is 10.6 Å². The molecule has 3 aromatic rings. The zero-order valence-corrected chi connectivity index (χ0v) is 17.5. The van der Waals surface area contributed by atoms with Gasteiger partial charge in [0.15, 0.2) is 9.84 Å². The van der Waals surface area contributed by atoms with Crippen molar-refractivity contribution in [1.29, 1.82) is 0 Å². The van der Waals surface area contributed by atoms with Crippen LogP contribution in [0.3, 0.4) is 0 Å². The van der Waals surface area contributed by atoms with Gasteiger partial charge in [-0.3, -0.25) is 0 Å². The van der Waals surface area contributed by atoms with E-state index in [0.29, 0.717) is 22.1 Å². The van der Waals surface area contributed by atoms with Crippen LogP contribution >= 0.6 is 11.6 Å². The molecule has 0 bridgehead atoms. The molecule has 0 saturated heterocycles. The number of nitrogens with zero attached hydrogens (tertiary/aromatic N) is 2. The second-order valence-corrected chi connectivity index (χ2v) is 9.57. The van der Waals surface area contributed by atoms with E-state index in [9.17, 15) is 17.9 Å². The lowest BCUT2D eigenvalue weighted by Gasteiger charge is -2.24. The maximum atomic E-state index is 13.4. The third-order valence-corrected chi connectivity index (χ3v) is 6.29. The lowest BCUT2D eigenvalue weighted by molar-refractivity contribution is 0.0647. The maximum absolute atomic E-state index is 13.4. The average Bonchev–Trinajstić information content (AvgIpc) is 3.07.